The molecule has 0 bridgehead atoms. The molecule has 2 N–H and O–H groups in total. The molecular weight excluding hydrogens is 188 g/mol. The van der Waals surface area contributed by atoms with Crippen molar-refractivity contribution < 1.29 is 4.79 Å². The zero-order chi connectivity index (χ0) is 11.1. The SMILES string of the molecule is C#CC(CCC)NC(=O)CC1CCCN1. The fourth-order valence-electron chi connectivity index (χ4n) is 1.89. The summed E-state index contributed by atoms with van der Waals surface area (Å²) in [5.74, 6) is 2.68. The zero-order valence-electron chi connectivity index (χ0n) is 9.38. The van der Waals surface area contributed by atoms with Crippen molar-refractivity contribution in [3.63, 3.8) is 0 Å². The number of carbonyl (C=O) groups excluding carboxylic acids is 1. The molecule has 3 nitrogen and oxygen atoms in total. The Morgan fingerprint density at radius 1 is 1.73 bits per heavy atom. The van der Waals surface area contributed by atoms with E-state index >= 15 is 0 Å². The molecule has 1 aliphatic heterocycles. The monoisotopic (exact) mass is 208 g/mol. The van der Waals surface area contributed by atoms with Crippen molar-refractivity contribution in [1.82, 2.24) is 10.6 Å². The van der Waals surface area contributed by atoms with Gasteiger partial charge in [-0.25, -0.2) is 0 Å². The highest BCUT2D eigenvalue weighted by molar-refractivity contribution is 5.77. The molecule has 0 radical (unpaired) electrons. The molecule has 0 saturated carbocycles. The molecule has 1 heterocycles. The van der Waals surface area contributed by atoms with Gasteiger partial charge in [-0.2, -0.15) is 0 Å². The second-order valence-corrected chi connectivity index (χ2v) is 4.07. The third-order valence-corrected chi connectivity index (χ3v) is 2.71. The molecule has 2 unspecified atom stereocenters. The Morgan fingerprint density at radius 2 is 2.53 bits per heavy atom. The lowest BCUT2D eigenvalue weighted by atomic mass is 10.1. The summed E-state index contributed by atoms with van der Waals surface area (Å²) in [5, 5.41) is 6.18. The summed E-state index contributed by atoms with van der Waals surface area (Å²) in [4.78, 5) is 11.6. The van der Waals surface area contributed by atoms with Gasteiger partial charge in [-0.1, -0.05) is 19.3 Å². The van der Waals surface area contributed by atoms with E-state index in [0.29, 0.717) is 12.5 Å². The predicted molar refractivity (Wildman–Crippen MR) is 61.3 cm³/mol. The van der Waals surface area contributed by atoms with Gasteiger partial charge in [0.05, 0.1) is 6.04 Å². The molecule has 0 aromatic rings. The van der Waals surface area contributed by atoms with E-state index in [1.54, 1.807) is 0 Å². The molecular formula is C12H20N2O. The Bertz CT molecular complexity index is 238. The maximum atomic E-state index is 11.6. The van der Waals surface area contributed by atoms with Gasteiger partial charge in [0.15, 0.2) is 0 Å². The molecule has 0 aromatic heterocycles. The van der Waals surface area contributed by atoms with Crippen molar-refractivity contribution >= 4 is 5.91 Å². The van der Waals surface area contributed by atoms with Gasteiger partial charge in [0.25, 0.3) is 0 Å². The fraction of sp³-hybridized carbons (Fsp3) is 0.750. The van der Waals surface area contributed by atoms with Crippen molar-refractivity contribution in [2.75, 3.05) is 6.54 Å². The maximum Gasteiger partial charge on any atom is 0.222 e. The quantitative estimate of drug-likeness (QED) is 0.663. The number of rotatable bonds is 5. The molecule has 0 aliphatic carbocycles. The summed E-state index contributed by atoms with van der Waals surface area (Å²) in [5.41, 5.74) is 0. The van der Waals surface area contributed by atoms with Crippen LogP contribution >= 0.6 is 0 Å². The van der Waals surface area contributed by atoms with E-state index in [4.69, 9.17) is 6.42 Å². The highest BCUT2D eigenvalue weighted by atomic mass is 16.1. The summed E-state index contributed by atoms with van der Waals surface area (Å²) in [6.45, 7) is 3.10. The molecule has 1 amide bonds. The average molecular weight is 208 g/mol. The van der Waals surface area contributed by atoms with Crippen LogP contribution in [0.5, 0.6) is 0 Å². The Labute approximate surface area is 92.0 Å². The van der Waals surface area contributed by atoms with Crippen LogP contribution in [0.25, 0.3) is 0 Å². The normalized spacial score (nSPS) is 22.0. The van der Waals surface area contributed by atoms with Crippen molar-refractivity contribution in [3.8, 4) is 12.3 Å². The van der Waals surface area contributed by atoms with Gasteiger partial charge >= 0.3 is 0 Å². The van der Waals surface area contributed by atoms with Crippen LogP contribution in [0, 0.1) is 12.3 Å². The molecule has 1 saturated heterocycles. The van der Waals surface area contributed by atoms with Crippen LogP contribution < -0.4 is 10.6 Å². The number of nitrogens with one attached hydrogen (secondary N) is 2. The van der Waals surface area contributed by atoms with Crippen LogP contribution in [-0.4, -0.2) is 24.5 Å². The lowest BCUT2D eigenvalue weighted by Crippen LogP contribution is -2.37. The van der Waals surface area contributed by atoms with Crippen molar-refractivity contribution in [2.24, 2.45) is 0 Å². The van der Waals surface area contributed by atoms with Crippen LogP contribution in [0.15, 0.2) is 0 Å². The van der Waals surface area contributed by atoms with Gasteiger partial charge in [-0.15, -0.1) is 6.42 Å². The Kier molecular flexibility index (Phi) is 5.20. The van der Waals surface area contributed by atoms with Crippen molar-refractivity contribution in [3.05, 3.63) is 0 Å². The Balaban J connectivity index is 2.24. The van der Waals surface area contributed by atoms with E-state index < -0.39 is 0 Å². The van der Waals surface area contributed by atoms with Crippen LogP contribution in [0.2, 0.25) is 0 Å². The summed E-state index contributed by atoms with van der Waals surface area (Å²) < 4.78 is 0. The van der Waals surface area contributed by atoms with E-state index in [9.17, 15) is 4.79 Å². The minimum absolute atomic E-state index is 0.0748. The Hall–Kier alpha value is -1.01. The summed E-state index contributed by atoms with van der Waals surface area (Å²) in [6.07, 6.45) is 10.0. The standard InChI is InChI=1S/C12H20N2O/c1-3-6-10(4-2)14-12(15)9-11-7-5-8-13-11/h2,10-11,13H,3,5-9H2,1H3,(H,14,15). The van der Waals surface area contributed by atoms with E-state index in [2.05, 4.69) is 23.5 Å². The molecule has 84 valence electrons. The summed E-state index contributed by atoms with van der Waals surface area (Å²) >= 11 is 0. The first-order valence-corrected chi connectivity index (χ1v) is 5.75. The van der Waals surface area contributed by atoms with Gasteiger partial charge in [0, 0.05) is 12.5 Å². The highest BCUT2D eigenvalue weighted by Crippen LogP contribution is 2.08. The number of hydrogen-bond donors (Lipinski definition) is 2. The van der Waals surface area contributed by atoms with Crippen molar-refractivity contribution in [1.29, 1.82) is 0 Å². The molecule has 0 spiro atoms. The largest absolute Gasteiger partial charge is 0.342 e. The number of terminal acetylenes is 1. The predicted octanol–water partition coefficient (Wildman–Crippen LogP) is 1.05. The Morgan fingerprint density at radius 3 is 3.07 bits per heavy atom. The first-order valence-electron chi connectivity index (χ1n) is 5.75. The number of amides is 1. The molecule has 1 aliphatic rings. The van der Waals surface area contributed by atoms with Gasteiger partial charge in [0.2, 0.25) is 5.91 Å². The molecule has 2 atom stereocenters. The molecule has 1 rings (SSSR count). The second-order valence-electron chi connectivity index (χ2n) is 4.07. The first-order chi connectivity index (χ1) is 7.26. The smallest absolute Gasteiger partial charge is 0.222 e. The van der Waals surface area contributed by atoms with E-state index in [0.717, 1.165) is 25.8 Å². The lowest BCUT2D eigenvalue weighted by molar-refractivity contribution is -0.121. The number of hydrogen-bond acceptors (Lipinski definition) is 2. The summed E-state index contributed by atoms with van der Waals surface area (Å²) in [7, 11) is 0. The maximum absolute atomic E-state index is 11.6. The molecule has 0 aromatic carbocycles. The molecule has 15 heavy (non-hydrogen) atoms. The van der Waals surface area contributed by atoms with Crippen LogP contribution in [0.4, 0.5) is 0 Å². The van der Waals surface area contributed by atoms with Crippen LogP contribution in [-0.2, 0) is 4.79 Å². The minimum Gasteiger partial charge on any atom is -0.342 e. The highest BCUT2D eigenvalue weighted by Gasteiger charge is 2.18. The summed E-state index contributed by atoms with van der Waals surface area (Å²) in [6, 6.07) is 0.258. The van der Waals surface area contributed by atoms with E-state index in [-0.39, 0.29) is 11.9 Å². The van der Waals surface area contributed by atoms with Gasteiger partial charge < -0.3 is 10.6 Å². The fourth-order valence-corrected chi connectivity index (χ4v) is 1.89. The average Bonchev–Trinajstić information content (AvgIpc) is 2.69. The third kappa shape index (κ3) is 4.35. The molecule has 1 fully saturated rings. The second kappa shape index (κ2) is 6.47. The third-order valence-electron chi connectivity index (χ3n) is 2.71. The topological polar surface area (TPSA) is 41.1 Å². The minimum atomic E-state index is -0.0936. The van der Waals surface area contributed by atoms with Crippen molar-refractivity contribution in [2.45, 2.75) is 51.1 Å². The van der Waals surface area contributed by atoms with E-state index in [1.807, 2.05) is 0 Å². The van der Waals surface area contributed by atoms with Gasteiger partial charge in [-0.05, 0) is 25.8 Å². The van der Waals surface area contributed by atoms with Crippen LogP contribution in [0.3, 0.4) is 0 Å². The molecule has 3 heteroatoms. The van der Waals surface area contributed by atoms with E-state index in [1.165, 1.54) is 6.42 Å². The lowest BCUT2D eigenvalue weighted by Gasteiger charge is -2.14. The first kappa shape index (κ1) is 12.1. The van der Waals surface area contributed by atoms with Gasteiger partial charge in [-0.3, -0.25) is 4.79 Å². The zero-order valence-corrected chi connectivity index (χ0v) is 9.38. The van der Waals surface area contributed by atoms with Gasteiger partial charge in [0.1, 0.15) is 0 Å². The number of carbonyl (C=O) groups is 1. The van der Waals surface area contributed by atoms with Crippen LogP contribution in [0.1, 0.15) is 39.0 Å².